The van der Waals surface area contributed by atoms with Gasteiger partial charge in [0.05, 0.1) is 15.6 Å². The van der Waals surface area contributed by atoms with Crippen LogP contribution in [0.15, 0.2) is 17.0 Å². The lowest BCUT2D eigenvalue weighted by Gasteiger charge is -2.26. The lowest BCUT2D eigenvalue weighted by molar-refractivity contribution is 0.0903. The Hall–Kier alpha value is -0.820. The molecule has 3 N–H and O–H groups in total. The molecule has 21 heavy (non-hydrogen) atoms. The van der Waals surface area contributed by atoms with Crippen LogP contribution in [0.25, 0.3) is 0 Å². The van der Waals surface area contributed by atoms with Crippen molar-refractivity contribution in [2.45, 2.75) is 37.1 Å². The van der Waals surface area contributed by atoms with E-state index in [4.69, 9.17) is 28.3 Å². The highest BCUT2D eigenvalue weighted by molar-refractivity contribution is 7.89. The fraction of sp³-hybridized carbons (Fsp3) is 0.462. The first kappa shape index (κ1) is 16.5. The zero-order valence-electron chi connectivity index (χ0n) is 11.6. The van der Waals surface area contributed by atoms with Gasteiger partial charge in [-0.1, -0.05) is 23.2 Å². The molecule has 0 radical (unpaired) electrons. The van der Waals surface area contributed by atoms with Gasteiger partial charge in [0.2, 0.25) is 10.0 Å². The maximum atomic E-state index is 12.3. The van der Waals surface area contributed by atoms with Crippen LogP contribution < -0.4 is 10.5 Å². The second kappa shape index (κ2) is 5.43. The quantitative estimate of drug-likeness (QED) is 0.874. The van der Waals surface area contributed by atoms with E-state index < -0.39 is 15.9 Å². The molecule has 0 aliphatic heterocycles. The molecule has 0 bridgehead atoms. The first-order chi connectivity index (χ1) is 9.52. The van der Waals surface area contributed by atoms with Crippen molar-refractivity contribution >= 4 is 39.1 Å². The lowest BCUT2D eigenvalue weighted by atomic mass is 9.98. The zero-order chi connectivity index (χ0) is 16.0. The molecule has 1 fully saturated rings. The third-order valence-electron chi connectivity index (χ3n) is 3.61. The van der Waals surface area contributed by atoms with Crippen molar-refractivity contribution in [2.75, 3.05) is 0 Å². The van der Waals surface area contributed by atoms with Gasteiger partial charge in [0.15, 0.2) is 0 Å². The fourth-order valence-electron chi connectivity index (χ4n) is 2.19. The number of benzene rings is 1. The molecule has 1 aromatic rings. The third kappa shape index (κ3) is 3.69. The van der Waals surface area contributed by atoms with Crippen molar-refractivity contribution < 1.29 is 13.2 Å². The van der Waals surface area contributed by atoms with Gasteiger partial charge in [0.25, 0.3) is 5.91 Å². The number of sulfonamides is 1. The topological polar surface area (TPSA) is 89.3 Å². The summed E-state index contributed by atoms with van der Waals surface area (Å²) in [6.07, 6.45) is 2.12. The van der Waals surface area contributed by atoms with Gasteiger partial charge in [0, 0.05) is 5.54 Å². The van der Waals surface area contributed by atoms with E-state index in [2.05, 4.69) is 5.32 Å². The van der Waals surface area contributed by atoms with Crippen LogP contribution >= 0.6 is 23.2 Å². The number of halogens is 2. The Balaban J connectivity index is 2.37. The standard InChI is InChI=1S/C13H16Cl2N2O3S/c1-13(2,7-3-4-7)17-12(18)8-5-11(21(16,19)20)10(15)6-9(8)14/h5-7H,3-4H2,1-2H3,(H,17,18)(H2,16,19,20). The second-order valence-corrected chi connectivity index (χ2v) is 8.10. The number of nitrogens with two attached hydrogens (primary N) is 1. The van der Waals surface area contributed by atoms with E-state index in [1.54, 1.807) is 0 Å². The average molecular weight is 351 g/mol. The largest absolute Gasteiger partial charge is 0.347 e. The zero-order valence-corrected chi connectivity index (χ0v) is 13.9. The highest BCUT2D eigenvalue weighted by atomic mass is 35.5. The molecule has 0 spiro atoms. The normalized spacial score (nSPS) is 15.9. The van der Waals surface area contributed by atoms with Gasteiger partial charge in [-0.15, -0.1) is 0 Å². The van der Waals surface area contributed by atoms with E-state index in [1.165, 1.54) is 6.07 Å². The summed E-state index contributed by atoms with van der Waals surface area (Å²) in [6.45, 7) is 3.85. The molecule has 1 aliphatic rings. The molecule has 0 saturated heterocycles. The number of primary sulfonamides is 1. The van der Waals surface area contributed by atoms with Crippen LogP contribution in [0, 0.1) is 5.92 Å². The Morgan fingerprint density at radius 2 is 1.86 bits per heavy atom. The monoisotopic (exact) mass is 350 g/mol. The van der Waals surface area contributed by atoms with Gasteiger partial charge in [-0.2, -0.15) is 0 Å². The summed E-state index contributed by atoms with van der Waals surface area (Å²) in [7, 11) is -4.02. The van der Waals surface area contributed by atoms with Crippen LogP contribution in [0.3, 0.4) is 0 Å². The minimum Gasteiger partial charge on any atom is -0.347 e. The molecule has 1 amide bonds. The van der Waals surface area contributed by atoms with E-state index in [-0.39, 0.29) is 26.0 Å². The van der Waals surface area contributed by atoms with E-state index >= 15 is 0 Å². The Morgan fingerprint density at radius 3 is 2.33 bits per heavy atom. The number of hydrogen-bond acceptors (Lipinski definition) is 3. The van der Waals surface area contributed by atoms with E-state index in [1.807, 2.05) is 13.8 Å². The molecule has 5 nitrogen and oxygen atoms in total. The van der Waals surface area contributed by atoms with E-state index in [0.29, 0.717) is 5.92 Å². The smallest absolute Gasteiger partial charge is 0.253 e. The van der Waals surface area contributed by atoms with Crippen LogP contribution in [0.1, 0.15) is 37.0 Å². The van der Waals surface area contributed by atoms with Crippen molar-refractivity contribution in [1.82, 2.24) is 5.32 Å². The summed E-state index contributed by atoms with van der Waals surface area (Å²) in [4.78, 5) is 12.0. The van der Waals surface area contributed by atoms with Crippen LogP contribution in [0.4, 0.5) is 0 Å². The van der Waals surface area contributed by atoms with Crippen molar-refractivity contribution in [3.8, 4) is 0 Å². The number of rotatable bonds is 4. The molecular formula is C13H16Cl2N2O3S. The SMILES string of the molecule is CC(C)(NC(=O)c1cc(S(N)(=O)=O)c(Cl)cc1Cl)C1CC1. The Bertz CT molecular complexity index is 698. The van der Waals surface area contributed by atoms with Gasteiger partial charge in [-0.25, -0.2) is 13.6 Å². The Kier molecular flexibility index (Phi) is 4.28. The molecule has 0 aromatic heterocycles. The van der Waals surface area contributed by atoms with Gasteiger partial charge < -0.3 is 5.32 Å². The number of amides is 1. The van der Waals surface area contributed by atoms with Crippen LogP contribution in [0.2, 0.25) is 10.0 Å². The molecule has 0 atom stereocenters. The molecule has 116 valence electrons. The summed E-state index contributed by atoms with van der Waals surface area (Å²) in [6, 6.07) is 2.32. The van der Waals surface area contributed by atoms with E-state index in [0.717, 1.165) is 18.9 Å². The van der Waals surface area contributed by atoms with Gasteiger partial charge >= 0.3 is 0 Å². The second-order valence-electron chi connectivity index (χ2n) is 5.76. The first-order valence-electron chi connectivity index (χ1n) is 6.37. The van der Waals surface area contributed by atoms with Crippen LogP contribution in [0.5, 0.6) is 0 Å². The molecule has 0 unspecified atom stereocenters. The highest BCUT2D eigenvalue weighted by Gasteiger charge is 2.39. The summed E-state index contributed by atoms with van der Waals surface area (Å²) in [5.74, 6) is -0.0243. The van der Waals surface area contributed by atoms with Crippen molar-refractivity contribution in [1.29, 1.82) is 0 Å². The molecule has 8 heteroatoms. The molecule has 1 aliphatic carbocycles. The highest BCUT2D eigenvalue weighted by Crippen LogP contribution is 2.39. The summed E-state index contributed by atoms with van der Waals surface area (Å²) in [5.41, 5.74) is -0.333. The van der Waals surface area contributed by atoms with Gasteiger partial charge in [-0.3, -0.25) is 4.79 Å². The third-order valence-corrected chi connectivity index (χ3v) is 5.29. The van der Waals surface area contributed by atoms with Crippen molar-refractivity contribution in [2.24, 2.45) is 11.1 Å². The maximum absolute atomic E-state index is 12.3. The predicted molar refractivity (Wildman–Crippen MR) is 82.1 cm³/mol. The predicted octanol–water partition coefficient (Wildman–Crippen LogP) is 2.56. The van der Waals surface area contributed by atoms with Crippen LogP contribution in [-0.2, 0) is 10.0 Å². The van der Waals surface area contributed by atoms with Gasteiger partial charge in [0.1, 0.15) is 4.90 Å². The number of carbonyl (C=O) groups is 1. The molecule has 1 aromatic carbocycles. The molecular weight excluding hydrogens is 335 g/mol. The average Bonchev–Trinajstić information content (AvgIpc) is 3.09. The summed E-state index contributed by atoms with van der Waals surface area (Å²) < 4.78 is 22.9. The number of nitrogens with one attached hydrogen (secondary N) is 1. The van der Waals surface area contributed by atoms with E-state index in [9.17, 15) is 13.2 Å². The Labute approximate surface area is 133 Å². The van der Waals surface area contributed by atoms with Crippen molar-refractivity contribution in [3.05, 3.63) is 27.7 Å². The maximum Gasteiger partial charge on any atom is 0.253 e. The lowest BCUT2D eigenvalue weighted by Crippen LogP contribution is -2.45. The van der Waals surface area contributed by atoms with Gasteiger partial charge in [-0.05, 0) is 44.7 Å². The van der Waals surface area contributed by atoms with Crippen molar-refractivity contribution in [3.63, 3.8) is 0 Å². The van der Waals surface area contributed by atoms with Crippen LogP contribution in [-0.4, -0.2) is 19.9 Å². The number of carbonyl (C=O) groups excluding carboxylic acids is 1. The first-order valence-corrected chi connectivity index (χ1v) is 8.67. The number of hydrogen-bond donors (Lipinski definition) is 2. The molecule has 1 saturated carbocycles. The summed E-state index contributed by atoms with van der Waals surface area (Å²) >= 11 is 11.8. The molecule has 0 heterocycles. The fourth-order valence-corrected chi connectivity index (χ4v) is 3.59. The molecule has 2 rings (SSSR count). The minimum atomic E-state index is -4.02. The minimum absolute atomic E-state index is 0.0406. The summed E-state index contributed by atoms with van der Waals surface area (Å²) in [5, 5.41) is 7.92. The Morgan fingerprint density at radius 1 is 1.29 bits per heavy atom.